The van der Waals surface area contributed by atoms with E-state index in [9.17, 15) is 9.59 Å². The lowest BCUT2D eigenvalue weighted by atomic mass is 10.1. The summed E-state index contributed by atoms with van der Waals surface area (Å²) in [5, 5.41) is 0.504. The van der Waals surface area contributed by atoms with E-state index in [4.69, 9.17) is 18.9 Å². The molecule has 0 N–H and O–H groups in total. The smallest absolute Gasteiger partial charge is 0.349 e. The number of esters is 2. The first-order chi connectivity index (χ1) is 15.4. The van der Waals surface area contributed by atoms with Crippen LogP contribution in [-0.4, -0.2) is 30.3 Å². The first-order valence-corrected chi connectivity index (χ1v) is 11.5. The van der Waals surface area contributed by atoms with Crippen LogP contribution < -0.4 is 9.47 Å². The second-order valence-corrected chi connectivity index (χ2v) is 10.6. The molecule has 33 heavy (non-hydrogen) atoms. The molecule has 0 amide bonds. The van der Waals surface area contributed by atoms with E-state index in [0.717, 1.165) is 16.9 Å². The second-order valence-electron chi connectivity index (χ2n) is 9.58. The van der Waals surface area contributed by atoms with Crippen molar-refractivity contribution in [2.45, 2.75) is 59.4 Å². The van der Waals surface area contributed by atoms with Crippen LogP contribution in [0.1, 0.15) is 67.1 Å². The molecule has 3 rings (SSSR count). The van der Waals surface area contributed by atoms with E-state index < -0.39 is 23.1 Å². The number of ether oxygens (including phenoxy) is 4. The average Bonchev–Trinajstić information content (AvgIpc) is 3.10. The summed E-state index contributed by atoms with van der Waals surface area (Å²) in [6, 6.07) is 13.3. The normalized spacial score (nSPS) is 11.8. The van der Waals surface area contributed by atoms with Gasteiger partial charge < -0.3 is 18.9 Å². The zero-order valence-corrected chi connectivity index (χ0v) is 20.9. The van der Waals surface area contributed by atoms with Gasteiger partial charge in [-0.3, -0.25) is 0 Å². The minimum absolute atomic E-state index is 0.144. The molecule has 0 aliphatic rings. The maximum Gasteiger partial charge on any atom is 0.349 e. The van der Waals surface area contributed by atoms with E-state index in [1.54, 1.807) is 53.7 Å². The quantitative estimate of drug-likeness (QED) is 0.388. The van der Waals surface area contributed by atoms with E-state index in [0.29, 0.717) is 28.2 Å². The molecule has 0 aliphatic heterocycles. The second kappa shape index (κ2) is 9.43. The van der Waals surface area contributed by atoms with Gasteiger partial charge >= 0.3 is 11.9 Å². The summed E-state index contributed by atoms with van der Waals surface area (Å²) >= 11 is 1.16. The predicted molar refractivity (Wildman–Crippen MR) is 129 cm³/mol. The lowest BCUT2D eigenvalue weighted by Gasteiger charge is -2.21. The third-order valence-electron chi connectivity index (χ3n) is 4.38. The topological polar surface area (TPSA) is 71.1 Å². The summed E-state index contributed by atoms with van der Waals surface area (Å²) < 4.78 is 23.4. The summed E-state index contributed by atoms with van der Waals surface area (Å²) in [5.41, 5.74) is -0.285. The fourth-order valence-corrected chi connectivity index (χ4v) is 4.26. The molecule has 1 aromatic heterocycles. The third kappa shape index (κ3) is 6.26. The number of methoxy groups -OCH3 is 1. The van der Waals surface area contributed by atoms with Crippen molar-refractivity contribution in [3.8, 4) is 11.5 Å². The Hall–Kier alpha value is -3.06. The van der Waals surface area contributed by atoms with Gasteiger partial charge in [0.15, 0.2) is 0 Å². The molecule has 0 radical (unpaired) electrons. The third-order valence-corrected chi connectivity index (χ3v) is 5.50. The fraction of sp³-hybridized carbons (Fsp3) is 0.385. The molecule has 0 aliphatic carbocycles. The molecule has 176 valence electrons. The minimum atomic E-state index is -0.734. The Morgan fingerprint density at radius 1 is 0.879 bits per heavy atom. The van der Waals surface area contributed by atoms with Gasteiger partial charge in [-0.1, -0.05) is 30.3 Å². The number of hydrogen-bond donors (Lipinski definition) is 0. The standard InChI is InChI=1S/C26H30O6S/c1-25(2,3)31-23(27)21-20-18(29-7)13-17(30-15-16-11-9-8-10-12-16)14-19(20)33-22(21)24(28)32-26(4,5)6/h8-14H,15H2,1-7H3. The molecule has 0 bridgehead atoms. The molecular formula is C26H30O6S. The van der Waals surface area contributed by atoms with Crippen LogP contribution in [0, 0.1) is 0 Å². The zero-order chi connectivity index (χ0) is 24.4. The average molecular weight is 471 g/mol. The van der Waals surface area contributed by atoms with Gasteiger partial charge in [0.05, 0.1) is 18.1 Å². The van der Waals surface area contributed by atoms with Gasteiger partial charge in [-0.25, -0.2) is 9.59 Å². The van der Waals surface area contributed by atoms with E-state index in [1.165, 1.54) is 7.11 Å². The molecule has 0 saturated heterocycles. The first kappa shape index (κ1) is 24.6. The Kier molecular flexibility index (Phi) is 7.03. The van der Waals surface area contributed by atoms with Gasteiger partial charge in [0.25, 0.3) is 0 Å². The molecule has 1 heterocycles. The molecule has 0 saturated carbocycles. The van der Waals surface area contributed by atoms with Gasteiger partial charge in [-0.05, 0) is 53.2 Å². The van der Waals surface area contributed by atoms with Crippen LogP contribution in [0.5, 0.6) is 11.5 Å². The lowest BCUT2D eigenvalue weighted by molar-refractivity contribution is 0.00251. The molecule has 2 aromatic carbocycles. The maximum absolute atomic E-state index is 13.2. The number of benzene rings is 2. The highest BCUT2D eigenvalue weighted by atomic mass is 32.1. The molecule has 7 heteroatoms. The Morgan fingerprint density at radius 2 is 1.48 bits per heavy atom. The van der Waals surface area contributed by atoms with E-state index in [1.807, 2.05) is 30.3 Å². The van der Waals surface area contributed by atoms with Crippen molar-refractivity contribution in [2.75, 3.05) is 7.11 Å². The molecule has 0 fully saturated rings. The van der Waals surface area contributed by atoms with E-state index in [-0.39, 0.29) is 10.4 Å². The lowest BCUT2D eigenvalue weighted by Crippen LogP contribution is -2.27. The van der Waals surface area contributed by atoms with Crippen LogP contribution in [-0.2, 0) is 16.1 Å². The summed E-state index contributed by atoms with van der Waals surface area (Å²) in [5.74, 6) is -0.206. The van der Waals surface area contributed by atoms with Gasteiger partial charge in [-0.15, -0.1) is 11.3 Å². The predicted octanol–water partition coefficient (Wildman–Crippen LogP) is 6.40. The summed E-state index contributed by atoms with van der Waals surface area (Å²) in [7, 11) is 1.51. The van der Waals surface area contributed by atoms with Crippen molar-refractivity contribution < 1.29 is 28.5 Å². The van der Waals surface area contributed by atoms with Crippen LogP contribution in [0.15, 0.2) is 42.5 Å². The largest absolute Gasteiger partial charge is 0.496 e. The maximum atomic E-state index is 13.2. The molecule has 3 aromatic rings. The van der Waals surface area contributed by atoms with Crippen molar-refractivity contribution >= 4 is 33.4 Å². The highest BCUT2D eigenvalue weighted by Crippen LogP contribution is 2.42. The summed E-state index contributed by atoms with van der Waals surface area (Å²) in [4.78, 5) is 26.4. The number of carbonyl (C=O) groups is 2. The Morgan fingerprint density at radius 3 is 2.06 bits per heavy atom. The van der Waals surface area contributed by atoms with Gasteiger partial charge in [0.1, 0.15) is 34.2 Å². The highest BCUT2D eigenvalue weighted by Gasteiger charge is 2.32. The van der Waals surface area contributed by atoms with Crippen molar-refractivity contribution in [1.82, 2.24) is 0 Å². The Bertz CT molecular complexity index is 1150. The number of carbonyl (C=O) groups excluding carboxylic acids is 2. The first-order valence-electron chi connectivity index (χ1n) is 10.7. The summed E-state index contributed by atoms with van der Waals surface area (Å²) in [6.45, 7) is 11.0. The van der Waals surface area contributed by atoms with Gasteiger partial charge in [-0.2, -0.15) is 0 Å². The molecular weight excluding hydrogens is 440 g/mol. The molecule has 6 nitrogen and oxygen atoms in total. The van der Waals surface area contributed by atoms with Crippen molar-refractivity contribution in [3.05, 3.63) is 58.5 Å². The van der Waals surface area contributed by atoms with Gasteiger partial charge in [0.2, 0.25) is 0 Å². The number of hydrogen-bond acceptors (Lipinski definition) is 7. The highest BCUT2D eigenvalue weighted by molar-refractivity contribution is 7.21. The zero-order valence-electron chi connectivity index (χ0n) is 20.1. The van der Waals surface area contributed by atoms with Crippen molar-refractivity contribution in [1.29, 1.82) is 0 Å². The van der Waals surface area contributed by atoms with E-state index in [2.05, 4.69) is 0 Å². The minimum Gasteiger partial charge on any atom is -0.496 e. The Labute approximate surface area is 198 Å². The van der Waals surface area contributed by atoms with Crippen LogP contribution in [0.2, 0.25) is 0 Å². The van der Waals surface area contributed by atoms with Crippen molar-refractivity contribution in [3.63, 3.8) is 0 Å². The van der Waals surface area contributed by atoms with Crippen molar-refractivity contribution in [2.24, 2.45) is 0 Å². The SMILES string of the molecule is COc1cc(OCc2ccccc2)cc2sc(C(=O)OC(C)(C)C)c(C(=O)OC(C)(C)C)c12. The number of fused-ring (bicyclic) bond motifs is 1. The van der Waals surface area contributed by atoms with E-state index >= 15 is 0 Å². The van der Waals surface area contributed by atoms with Crippen LogP contribution in [0.4, 0.5) is 0 Å². The Balaban J connectivity index is 2.10. The molecule has 0 spiro atoms. The number of thiophene rings is 1. The summed E-state index contributed by atoms with van der Waals surface area (Å²) in [6.07, 6.45) is 0. The molecule has 0 atom stereocenters. The monoisotopic (exact) mass is 470 g/mol. The number of rotatable bonds is 6. The van der Waals surface area contributed by atoms with Crippen LogP contribution in [0.3, 0.4) is 0 Å². The fourth-order valence-electron chi connectivity index (χ4n) is 3.14. The van der Waals surface area contributed by atoms with Crippen LogP contribution >= 0.6 is 11.3 Å². The molecule has 0 unspecified atom stereocenters. The van der Waals surface area contributed by atoms with Gasteiger partial charge in [0, 0.05) is 10.8 Å². The van der Waals surface area contributed by atoms with Crippen LogP contribution in [0.25, 0.3) is 10.1 Å².